The van der Waals surface area contributed by atoms with Crippen molar-refractivity contribution < 1.29 is 9.53 Å². The molecule has 4 rings (SSSR count). The molecule has 0 unspecified atom stereocenters. The smallest absolute Gasteiger partial charge is 0.159 e. The fraction of sp³-hybridized carbons (Fsp3) is 0.318. The molecule has 0 spiro atoms. The van der Waals surface area contributed by atoms with Gasteiger partial charge in [0.2, 0.25) is 0 Å². The molecule has 0 saturated carbocycles. The van der Waals surface area contributed by atoms with E-state index in [-0.39, 0.29) is 5.78 Å². The second-order valence-electron chi connectivity index (χ2n) is 7.22. The quantitative estimate of drug-likeness (QED) is 0.552. The first kappa shape index (κ1) is 19.1. The molecule has 1 aliphatic rings. The molecule has 0 atom stereocenters. The lowest BCUT2D eigenvalue weighted by Crippen LogP contribution is -2.35. The van der Waals surface area contributed by atoms with Crippen molar-refractivity contribution in [2.24, 2.45) is 0 Å². The van der Waals surface area contributed by atoms with E-state index in [0.717, 1.165) is 54.0 Å². The molecule has 3 N–H and O–H groups in total. The van der Waals surface area contributed by atoms with Gasteiger partial charge < -0.3 is 20.7 Å². The number of fused-ring (bicyclic) bond motifs is 1. The lowest BCUT2D eigenvalue weighted by Gasteiger charge is -2.25. The van der Waals surface area contributed by atoms with Crippen LogP contribution in [0.1, 0.15) is 30.1 Å². The number of nitrogens with zero attached hydrogens (tertiary/aromatic N) is 2. The van der Waals surface area contributed by atoms with Crippen LogP contribution in [-0.4, -0.2) is 42.0 Å². The molecule has 29 heavy (non-hydrogen) atoms. The van der Waals surface area contributed by atoms with Gasteiger partial charge in [-0.1, -0.05) is 12.1 Å². The standard InChI is InChI=1S/C22H25N5O2/c1-14(28)15-4-3-5-17(10-15)27-22-18-11-20(26-16-6-8-23-9-7-16)21(29-2)12-19(18)24-13-25-22/h3-5,10-13,16,23,26H,6-9H2,1-2H3,(H,24,25,27). The van der Waals surface area contributed by atoms with Crippen LogP contribution in [0.25, 0.3) is 10.9 Å². The summed E-state index contributed by atoms with van der Waals surface area (Å²) in [4.78, 5) is 20.5. The van der Waals surface area contributed by atoms with E-state index < -0.39 is 0 Å². The average molecular weight is 391 g/mol. The van der Waals surface area contributed by atoms with Gasteiger partial charge >= 0.3 is 0 Å². The first-order valence-corrected chi connectivity index (χ1v) is 9.82. The molecule has 7 heteroatoms. The predicted octanol–water partition coefficient (Wildman–Crippen LogP) is 3.75. The second-order valence-corrected chi connectivity index (χ2v) is 7.22. The summed E-state index contributed by atoms with van der Waals surface area (Å²) in [6, 6.07) is 11.8. The molecule has 1 aromatic heterocycles. The fourth-order valence-electron chi connectivity index (χ4n) is 3.60. The van der Waals surface area contributed by atoms with E-state index in [1.54, 1.807) is 20.1 Å². The van der Waals surface area contributed by atoms with Gasteiger partial charge in [0.25, 0.3) is 0 Å². The highest BCUT2D eigenvalue weighted by Crippen LogP contribution is 2.34. The number of ether oxygens (including phenoxy) is 1. The Morgan fingerprint density at radius 2 is 2.00 bits per heavy atom. The van der Waals surface area contributed by atoms with Crippen LogP contribution in [0.15, 0.2) is 42.7 Å². The number of aromatic nitrogens is 2. The maximum absolute atomic E-state index is 11.7. The summed E-state index contributed by atoms with van der Waals surface area (Å²) in [6.45, 7) is 3.58. The topological polar surface area (TPSA) is 88.2 Å². The maximum Gasteiger partial charge on any atom is 0.159 e. The molecule has 2 aromatic carbocycles. The average Bonchev–Trinajstić information content (AvgIpc) is 2.74. The number of rotatable bonds is 6. The van der Waals surface area contributed by atoms with Crippen molar-refractivity contribution in [2.75, 3.05) is 30.8 Å². The minimum Gasteiger partial charge on any atom is -0.495 e. The molecule has 3 aromatic rings. The van der Waals surface area contributed by atoms with Gasteiger partial charge in [0.15, 0.2) is 5.78 Å². The number of methoxy groups -OCH3 is 1. The number of hydrogen-bond donors (Lipinski definition) is 3. The third-order valence-electron chi connectivity index (χ3n) is 5.19. The zero-order chi connectivity index (χ0) is 20.2. The van der Waals surface area contributed by atoms with E-state index in [9.17, 15) is 4.79 Å². The third-order valence-corrected chi connectivity index (χ3v) is 5.19. The number of hydrogen-bond acceptors (Lipinski definition) is 7. The summed E-state index contributed by atoms with van der Waals surface area (Å²) >= 11 is 0. The summed E-state index contributed by atoms with van der Waals surface area (Å²) in [6.07, 6.45) is 3.66. The largest absolute Gasteiger partial charge is 0.495 e. The molecular formula is C22H25N5O2. The summed E-state index contributed by atoms with van der Waals surface area (Å²) in [5.74, 6) is 1.48. The number of carbonyl (C=O) groups is 1. The van der Waals surface area contributed by atoms with Gasteiger partial charge in [0.05, 0.1) is 18.3 Å². The molecule has 0 radical (unpaired) electrons. The van der Waals surface area contributed by atoms with E-state index in [4.69, 9.17) is 4.74 Å². The van der Waals surface area contributed by atoms with Gasteiger partial charge in [-0.25, -0.2) is 9.97 Å². The van der Waals surface area contributed by atoms with Crippen LogP contribution in [-0.2, 0) is 0 Å². The van der Waals surface area contributed by atoms with Crippen LogP contribution in [0, 0.1) is 0 Å². The highest BCUT2D eigenvalue weighted by atomic mass is 16.5. The van der Waals surface area contributed by atoms with E-state index >= 15 is 0 Å². The highest BCUT2D eigenvalue weighted by molar-refractivity contribution is 5.97. The molecule has 1 saturated heterocycles. The summed E-state index contributed by atoms with van der Waals surface area (Å²) in [5, 5.41) is 11.2. The van der Waals surface area contributed by atoms with Crippen LogP contribution in [0.2, 0.25) is 0 Å². The van der Waals surface area contributed by atoms with Crippen molar-refractivity contribution in [1.82, 2.24) is 15.3 Å². The molecule has 0 amide bonds. The molecule has 150 valence electrons. The number of piperidine rings is 1. The third kappa shape index (κ3) is 4.30. The van der Waals surface area contributed by atoms with E-state index in [1.165, 1.54) is 6.33 Å². The van der Waals surface area contributed by atoms with Crippen LogP contribution >= 0.6 is 0 Å². The van der Waals surface area contributed by atoms with E-state index in [0.29, 0.717) is 17.4 Å². The monoisotopic (exact) mass is 391 g/mol. The second kappa shape index (κ2) is 8.45. The Morgan fingerprint density at radius 1 is 1.17 bits per heavy atom. The molecule has 1 fully saturated rings. The number of Topliss-reactive ketones (excluding diaryl/α,β-unsaturated/α-hetero) is 1. The SMILES string of the molecule is COc1cc2ncnc(Nc3cccc(C(C)=O)c3)c2cc1NC1CCNCC1. The van der Waals surface area contributed by atoms with E-state index in [1.807, 2.05) is 30.3 Å². The van der Waals surface area contributed by atoms with E-state index in [2.05, 4.69) is 25.9 Å². The van der Waals surface area contributed by atoms with Gasteiger partial charge in [-0.05, 0) is 51.1 Å². The molecule has 0 aliphatic carbocycles. The van der Waals surface area contributed by atoms with Crippen LogP contribution in [0.5, 0.6) is 5.75 Å². The number of anilines is 3. The Bertz CT molecular complexity index is 1030. The number of benzene rings is 2. The first-order valence-electron chi connectivity index (χ1n) is 9.82. The number of carbonyl (C=O) groups excluding carboxylic acids is 1. The Hall–Kier alpha value is -3.19. The molecule has 2 heterocycles. The first-order chi connectivity index (χ1) is 14.1. The number of ketones is 1. The summed E-state index contributed by atoms with van der Waals surface area (Å²) in [5.41, 5.74) is 3.19. The Balaban J connectivity index is 1.70. The molecule has 1 aliphatic heterocycles. The minimum absolute atomic E-state index is 0.0272. The minimum atomic E-state index is 0.0272. The van der Waals surface area contributed by atoms with Gasteiger partial charge in [0, 0.05) is 28.7 Å². The Kier molecular flexibility index (Phi) is 5.57. The van der Waals surface area contributed by atoms with Gasteiger partial charge in [-0.2, -0.15) is 0 Å². The Labute approximate surface area is 169 Å². The van der Waals surface area contributed by atoms with Gasteiger partial charge in [-0.3, -0.25) is 4.79 Å². The number of nitrogens with one attached hydrogen (secondary N) is 3. The lowest BCUT2D eigenvalue weighted by molar-refractivity contribution is 0.101. The fourth-order valence-corrected chi connectivity index (χ4v) is 3.60. The van der Waals surface area contributed by atoms with Crippen molar-refractivity contribution in [3.05, 3.63) is 48.3 Å². The van der Waals surface area contributed by atoms with Crippen LogP contribution in [0.4, 0.5) is 17.2 Å². The van der Waals surface area contributed by atoms with Crippen molar-refractivity contribution in [3.63, 3.8) is 0 Å². The zero-order valence-corrected chi connectivity index (χ0v) is 16.7. The maximum atomic E-state index is 11.7. The lowest BCUT2D eigenvalue weighted by atomic mass is 10.1. The van der Waals surface area contributed by atoms with Crippen LogP contribution in [0.3, 0.4) is 0 Å². The summed E-state index contributed by atoms with van der Waals surface area (Å²) < 4.78 is 5.60. The normalized spacial score (nSPS) is 14.6. The van der Waals surface area contributed by atoms with Crippen molar-refractivity contribution in [2.45, 2.75) is 25.8 Å². The van der Waals surface area contributed by atoms with Crippen molar-refractivity contribution in [1.29, 1.82) is 0 Å². The zero-order valence-electron chi connectivity index (χ0n) is 16.7. The Morgan fingerprint density at radius 3 is 2.76 bits per heavy atom. The molecule has 7 nitrogen and oxygen atoms in total. The molecule has 0 bridgehead atoms. The van der Waals surface area contributed by atoms with Crippen LogP contribution < -0.4 is 20.7 Å². The van der Waals surface area contributed by atoms with Crippen molar-refractivity contribution >= 4 is 33.9 Å². The molecular weight excluding hydrogens is 366 g/mol. The van der Waals surface area contributed by atoms with Crippen molar-refractivity contribution in [3.8, 4) is 5.75 Å². The highest BCUT2D eigenvalue weighted by Gasteiger charge is 2.17. The van der Waals surface area contributed by atoms with Gasteiger partial charge in [0.1, 0.15) is 17.9 Å². The predicted molar refractivity (Wildman–Crippen MR) is 115 cm³/mol. The summed E-state index contributed by atoms with van der Waals surface area (Å²) in [7, 11) is 1.67. The van der Waals surface area contributed by atoms with Gasteiger partial charge in [-0.15, -0.1) is 0 Å².